The zero-order valence-electron chi connectivity index (χ0n) is 30.1. The van der Waals surface area contributed by atoms with Gasteiger partial charge in [0.05, 0.1) is 40.1 Å². The first-order valence-corrected chi connectivity index (χ1v) is 17.2. The summed E-state index contributed by atoms with van der Waals surface area (Å²) >= 11 is 0. The number of aliphatic hydroxyl groups excluding tert-OH is 1. The lowest BCUT2D eigenvalue weighted by Crippen LogP contribution is -2.30. The van der Waals surface area contributed by atoms with E-state index in [0.717, 1.165) is 45.4 Å². The topological polar surface area (TPSA) is 134 Å². The van der Waals surface area contributed by atoms with Gasteiger partial charge < -0.3 is 23.4 Å². The molecule has 0 bridgehead atoms. The minimum Gasteiger partial charge on any atom is -0.392 e. The summed E-state index contributed by atoms with van der Waals surface area (Å²) < 4.78 is 11.4. The maximum absolute atomic E-state index is 13.7. The van der Waals surface area contributed by atoms with Crippen molar-refractivity contribution in [3.63, 3.8) is 0 Å². The molecule has 0 aliphatic carbocycles. The van der Waals surface area contributed by atoms with Crippen molar-refractivity contribution >= 4 is 33.9 Å². The fourth-order valence-electron chi connectivity index (χ4n) is 7.02. The van der Waals surface area contributed by atoms with Crippen molar-refractivity contribution in [3.05, 3.63) is 94.2 Å². The fourth-order valence-corrected chi connectivity index (χ4v) is 7.02. The first-order chi connectivity index (χ1) is 24.0. The number of hydrogen-bond donors (Lipinski definition) is 1. The van der Waals surface area contributed by atoms with Gasteiger partial charge >= 0.3 is 0 Å². The Morgan fingerprint density at radius 2 is 1.20 bits per heavy atom. The van der Waals surface area contributed by atoms with Gasteiger partial charge in [-0.2, -0.15) is 20.2 Å². The molecule has 0 aliphatic rings. The molecule has 50 heavy (non-hydrogen) atoms. The number of para-hydroxylation sites is 3. The standard InChI is InChI=1S/C37H46N10O3/c1-9-44-31(20-23(3)40-44)34(49)38-36-42(7)28-15-11-12-16-29(28)46(36)25(5)18-19-26(6)47-33-27(22-48)14-13-17-30(33)43(8)37(47)39-35(50)32-21-24(4)41-45(32)10-2/h11-17,20-21,25-26,48H,9-10,18-19,22H2,1-8H3/t25-,26+/m1/s1. The van der Waals surface area contributed by atoms with Crippen LogP contribution in [0.4, 0.5) is 0 Å². The van der Waals surface area contributed by atoms with Gasteiger partial charge in [0.15, 0.2) is 0 Å². The number of nitrogens with zero attached hydrogens (tertiary/aromatic N) is 10. The van der Waals surface area contributed by atoms with Gasteiger partial charge in [0, 0.05) is 44.8 Å². The molecule has 0 unspecified atom stereocenters. The van der Waals surface area contributed by atoms with Crippen LogP contribution in [0.15, 0.2) is 64.6 Å². The third kappa shape index (κ3) is 6.06. The Hall–Kier alpha value is -5.30. The number of amides is 2. The molecule has 1 N–H and O–H groups in total. The van der Waals surface area contributed by atoms with Gasteiger partial charge in [-0.15, -0.1) is 0 Å². The van der Waals surface area contributed by atoms with Crippen molar-refractivity contribution < 1.29 is 14.7 Å². The number of imidazole rings is 2. The molecule has 2 amide bonds. The molecule has 4 heterocycles. The molecular formula is C37H46N10O3. The summed E-state index contributed by atoms with van der Waals surface area (Å²) in [6.45, 7) is 12.9. The minimum absolute atomic E-state index is 0.0512. The average molecular weight is 679 g/mol. The molecule has 0 aliphatic heterocycles. The lowest BCUT2D eigenvalue weighted by atomic mass is 10.1. The van der Waals surface area contributed by atoms with Crippen molar-refractivity contribution in [2.24, 2.45) is 24.1 Å². The molecule has 4 aromatic heterocycles. The van der Waals surface area contributed by atoms with E-state index in [1.165, 1.54) is 0 Å². The van der Waals surface area contributed by atoms with Crippen molar-refractivity contribution in [1.29, 1.82) is 0 Å². The number of hydrogen-bond acceptors (Lipinski definition) is 5. The first kappa shape index (κ1) is 34.6. The molecule has 13 nitrogen and oxygen atoms in total. The van der Waals surface area contributed by atoms with E-state index < -0.39 is 0 Å². The Labute approximate surface area is 290 Å². The molecule has 2 aromatic carbocycles. The van der Waals surface area contributed by atoms with E-state index in [0.29, 0.717) is 42.1 Å². The van der Waals surface area contributed by atoms with Crippen LogP contribution in [-0.4, -0.2) is 54.8 Å². The Morgan fingerprint density at radius 3 is 1.74 bits per heavy atom. The number of fused-ring (bicyclic) bond motifs is 2. The third-order valence-electron chi connectivity index (χ3n) is 9.53. The second kappa shape index (κ2) is 13.9. The monoisotopic (exact) mass is 678 g/mol. The Bertz CT molecular complexity index is 2380. The number of carbonyl (C=O) groups is 2. The fraction of sp³-hybridized carbons (Fsp3) is 0.405. The Balaban J connectivity index is 1.41. The van der Waals surface area contributed by atoms with Crippen LogP contribution in [0.3, 0.4) is 0 Å². The molecule has 0 fully saturated rings. The van der Waals surface area contributed by atoms with Gasteiger partial charge in [-0.1, -0.05) is 24.3 Å². The smallest absolute Gasteiger partial charge is 0.298 e. The molecule has 0 radical (unpaired) electrons. The van der Waals surface area contributed by atoms with Crippen LogP contribution in [0, 0.1) is 13.8 Å². The van der Waals surface area contributed by atoms with Crippen LogP contribution in [-0.2, 0) is 33.8 Å². The highest BCUT2D eigenvalue weighted by Gasteiger charge is 2.23. The van der Waals surface area contributed by atoms with E-state index in [1.54, 1.807) is 21.5 Å². The molecule has 13 heteroatoms. The van der Waals surface area contributed by atoms with Gasteiger partial charge in [-0.05, 0) is 84.7 Å². The minimum atomic E-state index is -0.375. The number of aryl methyl sites for hydroxylation is 6. The van der Waals surface area contributed by atoms with E-state index >= 15 is 0 Å². The average Bonchev–Trinajstić information content (AvgIpc) is 3.84. The maximum Gasteiger partial charge on any atom is 0.298 e. The summed E-state index contributed by atoms with van der Waals surface area (Å²) in [7, 11) is 3.83. The number of benzene rings is 2. The molecule has 0 saturated heterocycles. The molecule has 6 rings (SSSR count). The van der Waals surface area contributed by atoms with Crippen molar-refractivity contribution in [2.45, 2.75) is 86.2 Å². The number of rotatable bonds is 10. The van der Waals surface area contributed by atoms with E-state index in [4.69, 9.17) is 0 Å². The molecule has 262 valence electrons. The van der Waals surface area contributed by atoms with Gasteiger partial charge in [0.1, 0.15) is 11.4 Å². The highest BCUT2D eigenvalue weighted by Crippen LogP contribution is 2.27. The van der Waals surface area contributed by atoms with Gasteiger partial charge in [0.25, 0.3) is 11.8 Å². The van der Waals surface area contributed by atoms with Gasteiger partial charge in [-0.3, -0.25) is 19.0 Å². The van der Waals surface area contributed by atoms with Crippen LogP contribution in [0.25, 0.3) is 22.1 Å². The highest BCUT2D eigenvalue weighted by molar-refractivity contribution is 5.94. The predicted octanol–water partition coefficient (Wildman–Crippen LogP) is 4.90. The number of carbonyl (C=O) groups excluding carboxylic acids is 2. The van der Waals surface area contributed by atoms with Gasteiger partial charge in [-0.25, -0.2) is 0 Å². The third-order valence-corrected chi connectivity index (χ3v) is 9.53. The van der Waals surface area contributed by atoms with E-state index in [-0.39, 0.29) is 30.5 Å². The SMILES string of the molecule is CCn1nc(C)cc1C(=O)N=c1n(C)c2ccccc2n1[C@H](C)CC[C@H](C)n1c(=NC(=O)c2cc(C)nn2CC)n(C)c2cccc(CO)c21. The normalized spacial score (nSPS) is 13.9. The van der Waals surface area contributed by atoms with Crippen LogP contribution in [0.1, 0.15) is 90.5 Å². The molecule has 0 saturated carbocycles. The van der Waals surface area contributed by atoms with Crippen molar-refractivity contribution in [3.8, 4) is 0 Å². The van der Waals surface area contributed by atoms with Crippen LogP contribution in [0.2, 0.25) is 0 Å². The summed E-state index contributed by atoms with van der Waals surface area (Å²) in [5.74, 6) is -0.717. The Kier molecular flexibility index (Phi) is 9.61. The van der Waals surface area contributed by atoms with Crippen LogP contribution < -0.4 is 11.2 Å². The van der Waals surface area contributed by atoms with Crippen LogP contribution >= 0.6 is 0 Å². The second-order valence-electron chi connectivity index (χ2n) is 13.0. The lowest BCUT2D eigenvalue weighted by molar-refractivity contribution is 0.0977. The van der Waals surface area contributed by atoms with Gasteiger partial charge in [0.2, 0.25) is 11.2 Å². The Morgan fingerprint density at radius 1 is 0.720 bits per heavy atom. The summed E-state index contributed by atoms with van der Waals surface area (Å²) in [5.41, 5.74) is 7.88. The largest absolute Gasteiger partial charge is 0.392 e. The predicted molar refractivity (Wildman–Crippen MR) is 191 cm³/mol. The number of aliphatic hydroxyl groups is 1. The summed E-state index contributed by atoms with van der Waals surface area (Å²) in [6.07, 6.45) is 1.43. The first-order valence-electron chi connectivity index (χ1n) is 17.2. The van der Waals surface area contributed by atoms with Crippen molar-refractivity contribution in [1.82, 2.24) is 37.8 Å². The van der Waals surface area contributed by atoms with E-state index in [9.17, 15) is 14.7 Å². The summed E-state index contributed by atoms with van der Waals surface area (Å²) in [6, 6.07) is 17.2. The summed E-state index contributed by atoms with van der Waals surface area (Å²) in [5, 5.41) is 19.3. The quantitative estimate of drug-likeness (QED) is 0.220. The zero-order valence-corrected chi connectivity index (χ0v) is 30.1. The highest BCUT2D eigenvalue weighted by atomic mass is 16.3. The molecule has 0 spiro atoms. The summed E-state index contributed by atoms with van der Waals surface area (Å²) in [4.78, 5) is 36.6. The molecular weight excluding hydrogens is 632 g/mol. The molecule has 6 aromatic rings. The van der Waals surface area contributed by atoms with Crippen molar-refractivity contribution in [2.75, 3.05) is 0 Å². The zero-order chi connectivity index (χ0) is 35.9. The molecule has 2 atom stereocenters. The second-order valence-corrected chi connectivity index (χ2v) is 13.0. The van der Waals surface area contributed by atoms with E-state index in [1.807, 2.05) is 87.3 Å². The maximum atomic E-state index is 13.7. The number of aromatic nitrogens is 8. The lowest BCUT2D eigenvalue weighted by Gasteiger charge is -2.20. The van der Waals surface area contributed by atoms with Crippen LogP contribution in [0.5, 0.6) is 0 Å². The van der Waals surface area contributed by atoms with E-state index in [2.05, 4.69) is 49.2 Å².